The van der Waals surface area contributed by atoms with Crippen molar-refractivity contribution >= 4 is 40.2 Å². The molecular weight excluding hydrogens is 987 g/mol. The minimum absolute atomic E-state index is 0.0427. The molecule has 2 saturated heterocycles. The van der Waals surface area contributed by atoms with E-state index in [1.165, 1.54) is 12.8 Å². The van der Waals surface area contributed by atoms with E-state index in [1.54, 1.807) is 12.1 Å². The lowest BCUT2D eigenvalue weighted by Crippen LogP contribution is -2.77. The number of likely N-dealkylation sites (N-methyl/N-ethyl adjacent to an activating group) is 1. The number of phenolic OH excluding ortho intramolecular Hbond substituents is 2. The molecule has 19 heteroatoms. The number of amides is 4. The first kappa shape index (κ1) is 50.5. The molecule has 4 amide bonds. The predicted octanol–water partition coefficient (Wildman–Crippen LogP) is 3.40. The Labute approximate surface area is 446 Å². The van der Waals surface area contributed by atoms with Crippen molar-refractivity contribution < 1.29 is 58.6 Å². The van der Waals surface area contributed by atoms with Crippen LogP contribution in [-0.4, -0.2) is 160 Å². The van der Waals surface area contributed by atoms with Crippen LogP contribution < -0.4 is 30.7 Å². The summed E-state index contributed by atoms with van der Waals surface area (Å²) in [6.45, 7) is 2.39. The zero-order valence-corrected chi connectivity index (χ0v) is 43.7. The number of phenols is 2. The third-order valence-electron chi connectivity index (χ3n) is 19.5. The van der Waals surface area contributed by atoms with Gasteiger partial charge in [-0.2, -0.15) is 0 Å². The molecule has 4 aliphatic heterocycles. The standard InChI is InChI=1S/C58H71N7O12/c1-64-22-18-55-47-33-12-14-39(66)51(47)76-53(55)38(16-17-57(55,72)41(64)24-33)62-46(71)31-75-29-44(69)60-21-6-4-2-3-5-20-59-43(68)28-74-30-45(70)61-37-9-7-8-35-36-26-58(73)42-25-34-13-15-40(67)52-48(34)56(58,19-23-65(42)27-32-10-11-32)54(77-52)50(36)63-49(35)37/h7-9,12-15,32,38,41-42,53-54,63,66-67,72-73H,2-6,10-11,16-31H2,1H3,(H,59,68)(H,60,69)(H,61,70)(H,62,71)/t38-,41-,42-,53+,54+,55+,56+,57-,58-/m1/s1. The highest BCUT2D eigenvalue weighted by Gasteiger charge is 2.74. The summed E-state index contributed by atoms with van der Waals surface area (Å²) in [7, 11) is 2.04. The quantitative estimate of drug-likeness (QED) is 0.0576. The fraction of sp³-hybridized carbons (Fsp3) is 0.586. The lowest BCUT2D eigenvalue weighted by atomic mass is 9.48. The van der Waals surface area contributed by atoms with Crippen LogP contribution in [0.25, 0.3) is 10.9 Å². The van der Waals surface area contributed by atoms with Gasteiger partial charge in [-0.3, -0.25) is 24.1 Å². The Bertz CT molecular complexity index is 3050. The number of carbonyl (C=O) groups excluding carboxylic acids is 4. The molecule has 3 aromatic carbocycles. The van der Waals surface area contributed by atoms with Crippen LogP contribution in [0.5, 0.6) is 23.0 Å². The van der Waals surface area contributed by atoms with E-state index in [1.807, 2.05) is 37.4 Å². The van der Waals surface area contributed by atoms with E-state index < -0.39 is 46.2 Å². The van der Waals surface area contributed by atoms with Crippen molar-refractivity contribution in [3.63, 3.8) is 0 Å². The van der Waals surface area contributed by atoms with Crippen molar-refractivity contribution in [3.8, 4) is 23.0 Å². The van der Waals surface area contributed by atoms with E-state index in [-0.39, 0.29) is 67.7 Å². The maximum atomic E-state index is 13.2. The molecule has 5 aliphatic carbocycles. The average Bonchev–Trinajstić information content (AvgIpc) is 3.73. The highest BCUT2D eigenvalue weighted by Crippen LogP contribution is 2.70. The van der Waals surface area contributed by atoms with Gasteiger partial charge in [0.15, 0.2) is 29.1 Å². The number of hydrogen-bond acceptors (Lipinski definition) is 14. The van der Waals surface area contributed by atoms with E-state index in [9.17, 15) is 39.6 Å². The molecule has 9 aliphatic rings. The van der Waals surface area contributed by atoms with Gasteiger partial charge in [0.2, 0.25) is 23.6 Å². The fourth-order valence-corrected chi connectivity index (χ4v) is 15.9. The number of benzene rings is 3. The van der Waals surface area contributed by atoms with Crippen LogP contribution in [0.2, 0.25) is 0 Å². The summed E-state index contributed by atoms with van der Waals surface area (Å²) in [4.78, 5) is 59.8. The van der Waals surface area contributed by atoms with Crippen molar-refractivity contribution in [3.05, 3.63) is 76.0 Å². The van der Waals surface area contributed by atoms with Crippen LogP contribution in [0, 0.1) is 5.92 Å². The van der Waals surface area contributed by atoms with Gasteiger partial charge in [-0.1, -0.05) is 43.5 Å². The highest BCUT2D eigenvalue weighted by atomic mass is 16.5. The highest BCUT2D eigenvalue weighted by molar-refractivity contribution is 6.03. The lowest BCUT2D eigenvalue weighted by molar-refractivity contribution is -0.187. The van der Waals surface area contributed by atoms with Gasteiger partial charge in [-0.05, 0) is 125 Å². The molecule has 9 N–H and O–H groups in total. The smallest absolute Gasteiger partial charge is 0.250 e. The Balaban J connectivity index is 0.510. The van der Waals surface area contributed by atoms with E-state index in [4.69, 9.17) is 18.9 Å². The summed E-state index contributed by atoms with van der Waals surface area (Å²) in [6, 6.07) is 12.4. The maximum absolute atomic E-state index is 13.2. The van der Waals surface area contributed by atoms with Gasteiger partial charge in [-0.15, -0.1) is 0 Å². The number of anilines is 1. The Kier molecular flexibility index (Phi) is 12.6. The molecule has 4 fully saturated rings. The SMILES string of the molecule is CN1CC[C@]23c4c5ccc(O)c4O[C@H]2[C@H](NC(=O)COCC(=O)NCCCCCCCNC(=O)COCC(=O)Nc2cccc4c6c([nH]c24)[C@@H]2Oc4c(O)ccc7c4[C@@]24CCN(CC2CC2)[C@H](C7)[C@]4(O)C6)CC[C@@]3(O)[C@H]1C5. The first-order chi connectivity index (χ1) is 37.2. The number of nitrogens with zero attached hydrogens (tertiary/aromatic N) is 2. The number of likely N-dealkylation sites (tertiary alicyclic amines) is 2. The molecule has 4 bridgehead atoms. The molecule has 77 heavy (non-hydrogen) atoms. The van der Waals surface area contributed by atoms with Crippen LogP contribution in [-0.2, 0) is 58.7 Å². The van der Waals surface area contributed by atoms with Crippen molar-refractivity contribution in [2.45, 2.75) is 142 Å². The molecule has 0 unspecified atom stereocenters. The van der Waals surface area contributed by atoms with Crippen molar-refractivity contribution in [1.29, 1.82) is 0 Å². The summed E-state index contributed by atoms with van der Waals surface area (Å²) < 4.78 is 24.2. The van der Waals surface area contributed by atoms with E-state index in [2.05, 4.69) is 36.1 Å². The molecule has 13 rings (SSSR count). The second-order valence-corrected chi connectivity index (χ2v) is 23.7. The lowest BCUT2D eigenvalue weighted by Gasteiger charge is -2.63. The zero-order chi connectivity index (χ0) is 53.0. The van der Waals surface area contributed by atoms with Gasteiger partial charge in [0.05, 0.1) is 45.0 Å². The molecule has 2 spiro atoms. The molecule has 19 nitrogen and oxygen atoms in total. The molecule has 9 atom stereocenters. The number of aromatic amines is 1. The van der Waals surface area contributed by atoms with Crippen LogP contribution in [0.4, 0.5) is 5.69 Å². The number of nitrogens with one attached hydrogen (secondary N) is 5. The minimum Gasteiger partial charge on any atom is -0.504 e. The van der Waals surface area contributed by atoms with Gasteiger partial charge in [0.1, 0.15) is 32.5 Å². The molecule has 2 saturated carbocycles. The predicted molar refractivity (Wildman–Crippen MR) is 281 cm³/mol. The number of carbonyl (C=O) groups is 4. The van der Waals surface area contributed by atoms with Crippen molar-refractivity contribution in [1.82, 2.24) is 30.7 Å². The molecule has 1 aromatic heterocycles. The molecule has 4 aromatic rings. The summed E-state index contributed by atoms with van der Waals surface area (Å²) >= 11 is 0. The number of aliphatic hydroxyl groups is 2. The first-order valence-corrected chi connectivity index (χ1v) is 28.1. The molecule has 5 heterocycles. The maximum Gasteiger partial charge on any atom is 0.250 e. The molecule has 410 valence electrons. The van der Waals surface area contributed by atoms with Gasteiger partial charge >= 0.3 is 0 Å². The van der Waals surface area contributed by atoms with Crippen LogP contribution in [0.1, 0.15) is 110 Å². The summed E-state index contributed by atoms with van der Waals surface area (Å²) in [5, 5.41) is 60.0. The largest absolute Gasteiger partial charge is 0.504 e. The van der Waals surface area contributed by atoms with Gasteiger partial charge in [0, 0.05) is 54.7 Å². The minimum atomic E-state index is -1.13. The van der Waals surface area contributed by atoms with Crippen molar-refractivity contribution in [2.24, 2.45) is 5.92 Å². The first-order valence-electron chi connectivity index (χ1n) is 28.1. The third-order valence-corrected chi connectivity index (χ3v) is 19.5. The number of aromatic hydroxyl groups is 2. The zero-order valence-electron chi connectivity index (χ0n) is 43.7. The molecular formula is C58H71N7O12. The van der Waals surface area contributed by atoms with Crippen LogP contribution >= 0.6 is 0 Å². The second kappa shape index (κ2) is 19.1. The van der Waals surface area contributed by atoms with Gasteiger partial charge in [-0.25, -0.2) is 0 Å². The molecule has 0 radical (unpaired) electrons. The number of unbranched alkanes of at least 4 members (excludes halogenated alkanes) is 4. The average molecular weight is 1060 g/mol. The van der Waals surface area contributed by atoms with E-state index in [0.717, 1.165) is 96.2 Å². The third kappa shape index (κ3) is 7.94. The Hall–Kier alpha value is -5.96. The summed E-state index contributed by atoms with van der Waals surface area (Å²) in [6.07, 6.45) is 9.69. The van der Waals surface area contributed by atoms with Crippen LogP contribution in [0.3, 0.4) is 0 Å². The number of H-pyrrole nitrogens is 1. The number of fused-ring (bicyclic) bond motifs is 4. The topological polar surface area (TPSA) is 257 Å². The number of ether oxygens (including phenoxy) is 4. The normalized spacial score (nSPS) is 30.6. The summed E-state index contributed by atoms with van der Waals surface area (Å²) in [5.74, 6) is 0.276. The van der Waals surface area contributed by atoms with E-state index in [0.29, 0.717) is 81.1 Å². The summed E-state index contributed by atoms with van der Waals surface area (Å²) in [5.41, 5.74) is 3.48. The second-order valence-electron chi connectivity index (χ2n) is 23.7. The fourth-order valence-electron chi connectivity index (χ4n) is 15.9. The monoisotopic (exact) mass is 1060 g/mol. The Morgan fingerprint density at radius 2 is 1.35 bits per heavy atom. The van der Waals surface area contributed by atoms with Gasteiger partial charge in [0.25, 0.3) is 0 Å². The van der Waals surface area contributed by atoms with E-state index >= 15 is 0 Å². The van der Waals surface area contributed by atoms with Crippen molar-refractivity contribution in [2.75, 3.05) is 71.5 Å². The Morgan fingerprint density at radius 3 is 2.06 bits per heavy atom. The number of para-hydroxylation sites is 1. The van der Waals surface area contributed by atoms with Gasteiger partial charge < -0.3 is 70.5 Å². The number of hydrogen-bond donors (Lipinski definition) is 9. The Morgan fingerprint density at radius 1 is 0.714 bits per heavy atom. The number of piperidine rings is 2. The number of aromatic nitrogens is 1. The number of rotatable bonds is 20. The van der Waals surface area contributed by atoms with Crippen LogP contribution in [0.15, 0.2) is 42.5 Å².